The van der Waals surface area contributed by atoms with E-state index < -0.39 is 12.0 Å². The summed E-state index contributed by atoms with van der Waals surface area (Å²) in [5.41, 5.74) is 0.606. The minimum absolute atomic E-state index is 0.173. The van der Waals surface area contributed by atoms with Crippen LogP contribution >= 0.6 is 0 Å². The van der Waals surface area contributed by atoms with Gasteiger partial charge in [0, 0.05) is 6.42 Å². The maximum atomic E-state index is 11.9. The van der Waals surface area contributed by atoms with Crippen molar-refractivity contribution in [3.8, 4) is 0 Å². The summed E-state index contributed by atoms with van der Waals surface area (Å²) in [5.74, 6) is -0.556. The van der Waals surface area contributed by atoms with Gasteiger partial charge < -0.3 is 10.4 Å². The third kappa shape index (κ3) is 4.08. The van der Waals surface area contributed by atoms with Crippen LogP contribution in [0, 0.1) is 5.92 Å². The normalized spacial score (nSPS) is 16.8. The van der Waals surface area contributed by atoms with Crippen LogP contribution in [0.25, 0.3) is 0 Å². The predicted octanol–water partition coefficient (Wildman–Crippen LogP) is 2.90. The molecule has 20 heavy (non-hydrogen) atoms. The maximum Gasteiger partial charge on any atom is 0.330 e. The van der Waals surface area contributed by atoms with Gasteiger partial charge in [-0.2, -0.15) is 0 Å². The zero-order chi connectivity index (χ0) is 14.4. The zero-order valence-electron chi connectivity index (χ0n) is 11.5. The fourth-order valence-electron chi connectivity index (χ4n) is 2.80. The molecule has 1 aliphatic rings. The van der Waals surface area contributed by atoms with Crippen molar-refractivity contribution in [2.45, 2.75) is 44.6 Å². The summed E-state index contributed by atoms with van der Waals surface area (Å²) in [6.07, 6.45) is 6.21. The van der Waals surface area contributed by atoms with Crippen LogP contribution in [0.15, 0.2) is 30.3 Å². The van der Waals surface area contributed by atoms with Crippen LogP contribution in [0.4, 0.5) is 0 Å². The van der Waals surface area contributed by atoms with Gasteiger partial charge in [0.25, 0.3) is 0 Å². The van der Waals surface area contributed by atoms with Crippen molar-refractivity contribution in [1.29, 1.82) is 0 Å². The Labute approximate surface area is 119 Å². The Morgan fingerprint density at radius 1 is 1.20 bits per heavy atom. The van der Waals surface area contributed by atoms with E-state index in [1.165, 1.54) is 25.7 Å². The van der Waals surface area contributed by atoms with E-state index in [9.17, 15) is 14.7 Å². The van der Waals surface area contributed by atoms with Crippen LogP contribution < -0.4 is 5.32 Å². The second-order valence-corrected chi connectivity index (χ2v) is 5.44. The van der Waals surface area contributed by atoms with Crippen LogP contribution in [-0.2, 0) is 9.59 Å². The molecule has 4 heteroatoms. The van der Waals surface area contributed by atoms with Crippen molar-refractivity contribution in [3.63, 3.8) is 0 Å². The van der Waals surface area contributed by atoms with E-state index in [2.05, 4.69) is 5.32 Å². The smallest absolute Gasteiger partial charge is 0.330 e. The molecular weight excluding hydrogens is 254 g/mol. The first-order valence-corrected chi connectivity index (χ1v) is 7.24. The molecule has 2 rings (SSSR count). The van der Waals surface area contributed by atoms with Gasteiger partial charge in [0.05, 0.1) is 0 Å². The second-order valence-electron chi connectivity index (χ2n) is 5.44. The highest BCUT2D eigenvalue weighted by Gasteiger charge is 2.22. The highest BCUT2D eigenvalue weighted by atomic mass is 16.4. The number of carboxylic acid groups (broad SMARTS) is 1. The third-order valence-electron chi connectivity index (χ3n) is 3.94. The van der Waals surface area contributed by atoms with Gasteiger partial charge in [-0.3, -0.25) is 4.79 Å². The Bertz CT molecular complexity index is 452. The molecule has 1 fully saturated rings. The topological polar surface area (TPSA) is 66.4 Å². The van der Waals surface area contributed by atoms with Crippen LogP contribution in [0.1, 0.15) is 50.1 Å². The van der Waals surface area contributed by atoms with Gasteiger partial charge in [-0.15, -0.1) is 0 Å². The average Bonchev–Trinajstić information content (AvgIpc) is 2.96. The number of rotatable bonds is 6. The summed E-state index contributed by atoms with van der Waals surface area (Å²) in [5, 5.41) is 11.9. The maximum absolute atomic E-state index is 11.9. The lowest BCUT2D eigenvalue weighted by Gasteiger charge is -2.15. The van der Waals surface area contributed by atoms with Crippen molar-refractivity contribution >= 4 is 11.9 Å². The number of hydrogen-bond acceptors (Lipinski definition) is 2. The lowest BCUT2D eigenvalue weighted by Crippen LogP contribution is -2.33. The Morgan fingerprint density at radius 3 is 2.45 bits per heavy atom. The van der Waals surface area contributed by atoms with E-state index in [0.29, 0.717) is 17.9 Å². The first-order valence-electron chi connectivity index (χ1n) is 7.24. The van der Waals surface area contributed by atoms with E-state index in [0.717, 1.165) is 6.42 Å². The Balaban J connectivity index is 1.87. The molecule has 2 N–H and O–H groups in total. The SMILES string of the molecule is O=C(CCC1CCCC1)N[C@@H](C(=O)O)c1ccccc1. The van der Waals surface area contributed by atoms with Crippen LogP contribution in [0.5, 0.6) is 0 Å². The molecule has 0 aromatic heterocycles. The first kappa shape index (κ1) is 14.6. The van der Waals surface area contributed by atoms with Gasteiger partial charge in [0.2, 0.25) is 5.91 Å². The van der Waals surface area contributed by atoms with E-state index in [-0.39, 0.29) is 5.91 Å². The number of aliphatic carboxylic acids is 1. The van der Waals surface area contributed by atoms with Gasteiger partial charge in [-0.1, -0.05) is 56.0 Å². The molecule has 1 aromatic rings. The third-order valence-corrected chi connectivity index (χ3v) is 3.94. The van der Waals surface area contributed by atoms with E-state index in [1.54, 1.807) is 24.3 Å². The first-order chi connectivity index (χ1) is 9.66. The standard InChI is InChI=1S/C16H21NO3/c18-14(11-10-12-6-4-5-7-12)17-15(16(19)20)13-8-2-1-3-9-13/h1-3,8-9,12,15H,4-7,10-11H2,(H,17,18)(H,19,20)/t15-/m1/s1. The molecule has 108 valence electrons. The van der Waals surface area contributed by atoms with E-state index >= 15 is 0 Å². The molecule has 0 bridgehead atoms. The van der Waals surface area contributed by atoms with Crippen molar-refractivity contribution in [2.75, 3.05) is 0 Å². The highest BCUT2D eigenvalue weighted by Crippen LogP contribution is 2.28. The molecule has 0 unspecified atom stereocenters. The quantitative estimate of drug-likeness (QED) is 0.839. The number of carbonyl (C=O) groups is 2. The van der Waals surface area contributed by atoms with Crippen LogP contribution in [0.2, 0.25) is 0 Å². The highest BCUT2D eigenvalue weighted by molar-refractivity contribution is 5.84. The molecule has 0 aliphatic heterocycles. The van der Waals surface area contributed by atoms with Gasteiger partial charge in [-0.25, -0.2) is 4.79 Å². The predicted molar refractivity (Wildman–Crippen MR) is 76.2 cm³/mol. The summed E-state index contributed by atoms with van der Waals surface area (Å²) in [6.45, 7) is 0. The van der Waals surface area contributed by atoms with Gasteiger partial charge in [-0.05, 0) is 17.9 Å². The number of hydrogen-bond donors (Lipinski definition) is 2. The van der Waals surface area contributed by atoms with Crippen molar-refractivity contribution in [2.24, 2.45) is 5.92 Å². The molecule has 0 spiro atoms. The second kappa shape index (κ2) is 7.08. The zero-order valence-corrected chi connectivity index (χ0v) is 11.5. The van der Waals surface area contributed by atoms with Crippen molar-refractivity contribution < 1.29 is 14.7 Å². The average molecular weight is 275 g/mol. The molecule has 1 atom stereocenters. The Hall–Kier alpha value is -1.84. The Morgan fingerprint density at radius 2 is 1.85 bits per heavy atom. The van der Waals surface area contributed by atoms with Gasteiger partial charge >= 0.3 is 5.97 Å². The molecule has 1 aromatic carbocycles. The summed E-state index contributed by atoms with van der Waals surface area (Å²) < 4.78 is 0. The van der Waals surface area contributed by atoms with Crippen LogP contribution in [0.3, 0.4) is 0 Å². The largest absolute Gasteiger partial charge is 0.479 e. The van der Waals surface area contributed by atoms with Crippen molar-refractivity contribution in [3.05, 3.63) is 35.9 Å². The molecule has 1 aliphatic carbocycles. The number of amides is 1. The molecule has 4 nitrogen and oxygen atoms in total. The lowest BCUT2D eigenvalue weighted by atomic mass is 10.0. The molecule has 0 saturated heterocycles. The van der Waals surface area contributed by atoms with E-state index in [1.807, 2.05) is 6.07 Å². The summed E-state index contributed by atoms with van der Waals surface area (Å²) >= 11 is 0. The summed E-state index contributed by atoms with van der Waals surface area (Å²) in [6, 6.07) is 7.86. The number of carbonyl (C=O) groups excluding carboxylic acids is 1. The Kier molecular flexibility index (Phi) is 5.16. The van der Waals surface area contributed by atoms with Crippen LogP contribution in [-0.4, -0.2) is 17.0 Å². The molecule has 0 heterocycles. The summed E-state index contributed by atoms with van der Waals surface area (Å²) in [4.78, 5) is 23.2. The monoisotopic (exact) mass is 275 g/mol. The molecular formula is C16H21NO3. The minimum Gasteiger partial charge on any atom is -0.479 e. The van der Waals surface area contributed by atoms with Gasteiger partial charge in [0.1, 0.15) is 0 Å². The number of carboxylic acids is 1. The molecule has 1 amide bonds. The molecule has 0 radical (unpaired) electrons. The fourth-order valence-corrected chi connectivity index (χ4v) is 2.80. The number of benzene rings is 1. The number of nitrogens with one attached hydrogen (secondary N) is 1. The summed E-state index contributed by atoms with van der Waals surface area (Å²) in [7, 11) is 0. The van der Waals surface area contributed by atoms with Crippen molar-refractivity contribution in [1.82, 2.24) is 5.32 Å². The van der Waals surface area contributed by atoms with Gasteiger partial charge in [0.15, 0.2) is 6.04 Å². The lowest BCUT2D eigenvalue weighted by molar-refractivity contribution is -0.142. The molecule has 1 saturated carbocycles. The minimum atomic E-state index is -1.02. The fraction of sp³-hybridized carbons (Fsp3) is 0.500. The van der Waals surface area contributed by atoms with E-state index in [4.69, 9.17) is 0 Å².